The number of benzene rings is 2. The molecule has 1 atom stereocenters. The first-order valence-corrected chi connectivity index (χ1v) is 7.62. The second kappa shape index (κ2) is 7.00. The van der Waals surface area contributed by atoms with Crippen molar-refractivity contribution in [1.82, 2.24) is 4.98 Å². The third-order valence-electron chi connectivity index (χ3n) is 3.86. The van der Waals surface area contributed by atoms with E-state index in [-0.39, 0.29) is 11.7 Å². The number of hydrogen-bond acceptors (Lipinski definition) is 4. The zero-order valence-corrected chi connectivity index (χ0v) is 13.3. The second-order valence-electron chi connectivity index (χ2n) is 5.47. The normalized spacial score (nSPS) is 12.5. The van der Waals surface area contributed by atoms with Crippen LogP contribution < -0.4 is 0 Å². The Balaban J connectivity index is 1.84. The molecule has 0 saturated heterocycles. The third kappa shape index (κ3) is 3.46. The Morgan fingerprint density at radius 1 is 1.25 bits per heavy atom. The number of H-pyrrole nitrogens is 1. The van der Waals surface area contributed by atoms with E-state index in [1.165, 1.54) is 7.11 Å². The van der Waals surface area contributed by atoms with Gasteiger partial charge in [0.25, 0.3) is 0 Å². The largest absolute Gasteiger partial charge is 0.508 e. The molecule has 0 aliphatic carbocycles. The van der Waals surface area contributed by atoms with Crippen molar-refractivity contribution in [3.05, 3.63) is 65.9 Å². The molecule has 0 aliphatic heterocycles. The number of rotatable bonds is 5. The van der Waals surface area contributed by atoms with E-state index in [2.05, 4.69) is 9.98 Å². The van der Waals surface area contributed by atoms with Gasteiger partial charge in [0.05, 0.1) is 7.11 Å². The molecule has 0 spiro atoms. The van der Waals surface area contributed by atoms with Crippen molar-refractivity contribution in [2.75, 3.05) is 7.11 Å². The minimum Gasteiger partial charge on any atom is -0.508 e. The number of nitrogens with one attached hydrogen (secondary N) is 1. The van der Waals surface area contributed by atoms with Crippen LogP contribution in [0.5, 0.6) is 5.75 Å². The SMILES string of the molecule is COC(=O)C(Cc1c[nH]c2ccccc12)/N=C/c1ccc(O)cc1. The van der Waals surface area contributed by atoms with Crippen molar-refractivity contribution in [3.63, 3.8) is 0 Å². The van der Waals surface area contributed by atoms with Gasteiger partial charge in [-0.05, 0) is 41.5 Å². The fraction of sp³-hybridized carbons (Fsp3) is 0.158. The maximum atomic E-state index is 12.1. The Bertz CT molecular complexity index is 866. The van der Waals surface area contributed by atoms with Gasteiger partial charge in [-0.25, -0.2) is 4.79 Å². The molecular formula is C19H18N2O3. The number of para-hydroxylation sites is 1. The smallest absolute Gasteiger partial charge is 0.330 e. The molecule has 1 heterocycles. The molecule has 1 aromatic heterocycles. The van der Waals surface area contributed by atoms with Crippen LogP contribution in [0.15, 0.2) is 59.7 Å². The number of aromatic nitrogens is 1. The van der Waals surface area contributed by atoms with Crippen LogP contribution in [0.2, 0.25) is 0 Å². The van der Waals surface area contributed by atoms with Crippen LogP contribution in [0.4, 0.5) is 0 Å². The zero-order valence-electron chi connectivity index (χ0n) is 13.3. The lowest BCUT2D eigenvalue weighted by molar-refractivity contribution is -0.142. The van der Waals surface area contributed by atoms with E-state index in [1.54, 1.807) is 30.5 Å². The molecule has 0 saturated carbocycles. The molecule has 3 aromatic rings. The Hall–Kier alpha value is -3.08. The van der Waals surface area contributed by atoms with Crippen molar-refractivity contribution in [3.8, 4) is 5.75 Å². The summed E-state index contributed by atoms with van der Waals surface area (Å²) in [7, 11) is 1.36. The average molecular weight is 322 g/mol. The summed E-state index contributed by atoms with van der Waals surface area (Å²) in [5.41, 5.74) is 2.85. The molecule has 2 aromatic carbocycles. The Morgan fingerprint density at radius 3 is 2.75 bits per heavy atom. The van der Waals surface area contributed by atoms with Gasteiger partial charge in [0.15, 0.2) is 6.04 Å². The molecular weight excluding hydrogens is 304 g/mol. The highest BCUT2D eigenvalue weighted by molar-refractivity contribution is 5.86. The van der Waals surface area contributed by atoms with Gasteiger partial charge in [0.2, 0.25) is 0 Å². The Kier molecular flexibility index (Phi) is 4.61. The number of fused-ring (bicyclic) bond motifs is 1. The maximum Gasteiger partial charge on any atom is 0.330 e. The maximum absolute atomic E-state index is 12.1. The summed E-state index contributed by atoms with van der Waals surface area (Å²) in [5, 5.41) is 10.4. The molecule has 0 radical (unpaired) electrons. The van der Waals surface area contributed by atoms with Crippen molar-refractivity contribution in [1.29, 1.82) is 0 Å². The highest BCUT2D eigenvalue weighted by atomic mass is 16.5. The predicted molar refractivity (Wildman–Crippen MR) is 93.5 cm³/mol. The summed E-state index contributed by atoms with van der Waals surface area (Å²) in [6.45, 7) is 0. The molecule has 0 bridgehead atoms. The van der Waals surface area contributed by atoms with Crippen LogP contribution in [-0.4, -0.2) is 35.4 Å². The number of aromatic amines is 1. The number of methoxy groups -OCH3 is 1. The van der Waals surface area contributed by atoms with Gasteiger partial charge in [0.1, 0.15) is 5.75 Å². The van der Waals surface area contributed by atoms with Crippen molar-refractivity contribution in [2.24, 2.45) is 4.99 Å². The summed E-state index contributed by atoms with van der Waals surface area (Å²) < 4.78 is 4.88. The molecule has 24 heavy (non-hydrogen) atoms. The minimum absolute atomic E-state index is 0.190. The highest BCUT2D eigenvalue weighted by Crippen LogP contribution is 2.20. The number of aromatic hydroxyl groups is 1. The predicted octanol–water partition coefficient (Wildman–Crippen LogP) is 3.08. The number of hydrogen-bond donors (Lipinski definition) is 2. The van der Waals surface area contributed by atoms with E-state index >= 15 is 0 Å². The fourth-order valence-electron chi connectivity index (χ4n) is 2.58. The summed E-state index contributed by atoms with van der Waals surface area (Å²) in [6.07, 6.45) is 3.97. The van der Waals surface area contributed by atoms with E-state index in [0.717, 1.165) is 22.0 Å². The quantitative estimate of drug-likeness (QED) is 0.560. The number of phenolic OH excluding ortho intramolecular Hbond substituents is 1. The van der Waals surface area contributed by atoms with E-state index in [0.29, 0.717) is 6.42 Å². The van der Waals surface area contributed by atoms with Crippen molar-refractivity contribution in [2.45, 2.75) is 12.5 Å². The Morgan fingerprint density at radius 2 is 2.00 bits per heavy atom. The number of esters is 1. The van der Waals surface area contributed by atoms with E-state index in [4.69, 9.17) is 4.74 Å². The summed E-state index contributed by atoms with van der Waals surface area (Å²) >= 11 is 0. The van der Waals surface area contributed by atoms with E-state index in [9.17, 15) is 9.90 Å². The van der Waals surface area contributed by atoms with Gasteiger partial charge in [-0.1, -0.05) is 18.2 Å². The molecule has 0 amide bonds. The van der Waals surface area contributed by atoms with Gasteiger partial charge >= 0.3 is 5.97 Å². The number of ether oxygens (including phenoxy) is 1. The molecule has 3 rings (SSSR count). The summed E-state index contributed by atoms with van der Waals surface area (Å²) in [4.78, 5) is 19.6. The first-order valence-electron chi connectivity index (χ1n) is 7.62. The van der Waals surface area contributed by atoms with Crippen LogP contribution in [0, 0.1) is 0 Å². The van der Waals surface area contributed by atoms with Gasteiger partial charge in [-0.2, -0.15) is 0 Å². The fourth-order valence-corrected chi connectivity index (χ4v) is 2.58. The topological polar surface area (TPSA) is 74.7 Å². The van der Waals surface area contributed by atoms with Crippen LogP contribution in [-0.2, 0) is 16.0 Å². The lowest BCUT2D eigenvalue weighted by Crippen LogP contribution is -2.23. The van der Waals surface area contributed by atoms with Crippen molar-refractivity contribution < 1.29 is 14.6 Å². The van der Waals surface area contributed by atoms with Crippen LogP contribution in [0.3, 0.4) is 0 Å². The molecule has 5 nitrogen and oxygen atoms in total. The monoisotopic (exact) mass is 322 g/mol. The highest BCUT2D eigenvalue weighted by Gasteiger charge is 2.19. The average Bonchev–Trinajstić information content (AvgIpc) is 3.02. The third-order valence-corrected chi connectivity index (χ3v) is 3.86. The van der Waals surface area contributed by atoms with Gasteiger partial charge in [-0.3, -0.25) is 4.99 Å². The van der Waals surface area contributed by atoms with Crippen molar-refractivity contribution >= 4 is 23.1 Å². The molecule has 1 unspecified atom stereocenters. The minimum atomic E-state index is -0.622. The first-order chi connectivity index (χ1) is 11.7. The number of nitrogens with zero attached hydrogens (tertiary/aromatic N) is 1. The zero-order chi connectivity index (χ0) is 16.9. The number of carbonyl (C=O) groups is 1. The lowest BCUT2D eigenvalue weighted by atomic mass is 10.1. The molecule has 5 heteroatoms. The number of carbonyl (C=O) groups excluding carboxylic acids is 1. The van der Waals surface area contributed by atoms with Gasteiger partial charge in [-0.15, -0.1) is 0 Å². The molecule has 0 fully saturated rings. The number of phenols is 1. The van der Waals surface area contributed by atoms with E-state index < -0.39 is 6.04 Å². The summed E-state index contributed by atoms with van der Waals surface area (Å²) in [5.74, 6) is -0.189. The second-order valence-corrected chi connectivity index (χ2v) is 5.47. The van der Waals surface area contributed by atoms with E-state index in [1.807, 2.05) is 30.5 Å². The lowest BCUT2D eigenvalue weighted by Gasteiger charge is -2.09. The van der Waals surface area contributed by atoms with Crippen LogP contribution >= 0.6 is 0 Å². The van der Waals surface area contributed by atoms with Crippen LogP contribution in [0.1, 0.15) is 11.1 Å². The molecule has 2 N–H and O–H groups in total. The molecule has 122 valence electrons. The first kappa shape index (κ1) is 15.8. The molecule has 0 aliphatic rings. The van der Waals surface area contributed by atoms with Gasteiger partial charge < -0.3 is 14.8 Å². The van der Waals surface area contributed by atoms with Gasteiger partial charge in [0, 0.05) is 29.7 Å². The Labute approximate surface area is 139 Å². The van der Waals surface area contributed by atoms with Crippen LogP contribution in [0.25, 0.3) is 10.9 Å². The summed E-state index contributed by atoms with van der Waals surface area (Å²) in [6, 6.07) is 13.9. The standard InChI is InChI=1S/C19H18N2O3/c1-24-19(23)18(20-11-13-6-8-15(22)9-7-13)10-14-12-21-17-5-3-2-4-16(14)17/h2-9,11-12,18,21-22H,10H2,1H3/b20-11+. The number of aliphatic imine (C=N–C) groups is 1.